The molecule has 0 aliphatic rings. The van der Waals surface area contributed by atoms with E-state index in [4.69, 9.17) is 0 Å². The molecule has 1 unspecified atom stereocenters. The van der Waals surface area contributed by atoms with Crippen molar-refractivity contribution in [3.05, 3.63) is 10.4 Å². The third-order valence-electron chi connectivity index (χ3n) is 2.26. The number of hydrogen-bond donors (Lipinski definition) is 5. The van der Waals surface area contributed by atoms with Crippen LogP contribution in [0.5, 0.6) is 23.0 Å². The number of nitrogens with zero attached hydrogens (tertiary/aromatic N) is 1. The van der Waals surface area contributed by atoms with Crippen LogP contribution in [-0.4, -0.2) is 41.6 Å². The Kier molecular flexibility index (Phi) is 3.08. The van der Waals surface area contributed by atoms with Crippen molar-refractivity contribution in [3.63, 3.8) is 0 Å². The standard InChI is InChI=1S/C9H14N2O6/c1-10(16)4-6(12)5(11(2,3)17)8(14)9(15)7(4)13/h10,12-15H,1-3H3. The highest BCUT2D eigenvalue weighted by atomic mass is 16.5. The first-order chi connectivity index (χ1) is 7.59. The van der Waals surface area contributed by atoms with Gasteiger partial charge >= 0.3 is 0 Å². The quantitative estimate of drug-likeness (QED) is 0.201. The van der Waals surface area contributed by atoms with Gasteiger partial charge in [0.1, 0.15) is 0 Å². The number of quaternary nitrogens is 2. The van der Waals surface area contributed by atoms with Crippen molar-refractivity contribution >= 4 is 11.4 Å². The van der Waals surface area contributed by atoms with Crippen LogP contribution in [0.15, 0.2) is 0 Å². The zero-order valence-corrected chi connectivity index (χ0v) is 9.55. The molecule has 1 rings (SSSR count). The molecule has 8 heteroatoms. The number of nitrogens with one attached hydrogen (secondary N) is 1. The third kappa shape index (κ3) is 2.06. The van der Waals surface area contributed by atoms with Crippen LogP contribution in [0.25, 0.3) is 0 Å². The first-order valence-corrected chi connectivity index (χ1v) is 4.65. The third-order valence-corrected chi connectivity index (χ3v) is 2.26. The summed E-state index contributed by atoms with van der Waals surface area (Å²) < 4.78 is -1.27. The van der Waals surface area contributed by atoms with Gasteiger partial charge in [0, 0.05) is 0 Å². The highest BCUT2D eigenvalue weighted by molar-refractivity contribution is 5.81. The van der Waals surface area contributed by atoms with Crippen LogP contribution >= 0.6 is 0 Å². The number of benzene rings is 1. The van der Waals surface area contributed by atoms with Crippen LogP contribution < -0.4 is 9.71 Å². The summed E-state index contributed by atoms with van der Waals surface area (Å²) in [6, 6.07) is 0. The molecule has 1 aromatic carbocycles. The predicted molar refractivity (Wildman–Crippen MR) is 60.0 cm³/mol. The summed E-state index contributed by atoms with van der Waals surface area (Å²) >= 11 is 0. The Balaban J connectivity index is 3.75. The molecule has 96 valence electrons. The van der Waals surface area contributed by atoms with Gasteiger partial charge < -0.3 is 40.6 Å². The Hall–Kier alpha value is -1.74. The Bertz CT molecular complexity index is 452. The SMILES string of the molecule is C[NH+]([O-])c1c(O)c(O)c(O)c([N+](C)(C)[O-])c1O. The summed E-state index contributed by atoms with van der Waals surface area (Å²) in [5.74, 6) is -3.76. The molecular formula is C9H14N2O6. The van der Waals surface area contributed by atoms with Crippen LogP contribution in [-0.2, 0) is 0 Å². The molecular weight excluding hydrogens is 232 g/mol. The second-order valence-electron chi connectivity index (χ2n) is 4.03. The Morgan fingerprint density at radius 3 is 1.76 bits per heavy atom. The van der Waals surface area contributed by atoms with Crippen LogP contribution in [0.2, 0.25) is 0 Å². The van der Waals surface area contributed by atoms with E-state index >= 15 is 0 Å². The van der Waals surface area contributed by atoms with Gasteiger partial charge in [0.2, 0.25) is 34.4 Å². The monoisotopic (exact) mass is 246 g/mol. The van der Waals surface area contributed by atoms with Gasteiger partial charge in [-0.25, -0.2) is 0 Å². The van der Waals surface area contributed by atoms with Crippen molar-refractivity contribution in [3.8, 4) is 23.0 Å². The highest BCUT2D eigenvalue weighted by Gasteiger charge is 2.33. The minimum atomic E-state index is -1.27. The van der Waals surface area contributed by atoms with Gasteiger partial charge in [-0.2, -0.15) is 0 Å². The Morgan fingerprint density at radius 1 is 0.941 bits per heavy atom. The number of phenols is 4. The zero-order valence-electron chi connectivity index (χ0n) is 9.55. The van der Waals surface area contributed by atoms with E-state index in [1.165, 1.54) is 0 Å². The molecule has 0 heterocycles. The van der Waals surface area contributed by atoms with Gasteiger partial charge in [0.25, 0.3) is 0 Å². The molecule has 0 aliphatic heterocycles. The molecule has 1 aromatic rings. The lowest BCUT2D eigenvalue weighted by Gasteiger charge is -2.34. The summed E-state index contributed by atoms with van der Waals surface area (Å²) in [5, 5.41) is 60.2. The largest absolute Gasteiger partial charge is 0.629 e. The fourth-order valence-electron chi connectivity index (χ4n) is 1.53. The summed E-state index contributed by atoms with van der Waals surface area (Å²) in [4.78, 5) is 0. The summed E-state index contributed by atoms with van der Waals surface area (Å²) in [7, 11) is 3.20. The van der Waals surface area contributed by atoms with E-state index < -0.39 is 44.1 Å². The van der Waals surface area contributed by atoms with Crippen LogP contribution in [0.4, 0.5) is 11.4 Å². The number of hydrogen-bond acceptors (Lipinski definition) is 6. The molecule has 0 saturated heterocycles. The topological polar surface area (TPSA) is 131 Å². The summed E-state index contributed by atoms with van der Waals surface area (Å²) in [5.41, 5.74) is -1.19. The normalized spacial score (nSPS) is 13.7. The lowest BCUT2D eigenvalue weighted by atomic mass is 10.1. The maximum Gasteiger partial charge on any atom is 0.248 e. The lowest BCUT2D eigenvalue weighted by molar-refractivity contribution is -0.752. The first-order valence-electron chi connectivity index (χ1n) is 4.65. The lowest BCUT2D eigenvalue weighted by Crippen LogP contribution is -2.98. The zero-order chi connectivity index (χ0) is 13.5. The van der Waals surface area contributed by atoms with Gasteiger partial charge in [-0.3, -0.25) is 0 Å². The van der Waals surface area contributed by atoms with Gasteiger partial charge in [0.15, 0.2) is 0 Å². The Morgan fingerprint density at radius 2 is 1.41 bits per heavy atom. The molecule has 0 bridgehead atoms. The molecule has 0 spiro atoms. The van der Waals surface area contributed by atoms with E-state index in [9.17, 15) is 30.8 Å². The van der Waals surface area contributed by atoms with Crippen LogP contribution in [0.1, 0.15) is 0 Å². The van der Waals surface area contributed by atoms with Crippen molar-refractivity contribution in [1.29, 1.82) is 0 Å². The highest BCUT2D eigenvalue weighted by Crippen LogP contribution is 2.53. The molecule has 8 nitrogen and oxygen atoms in total. The Labute approximate surface area is 96.9 Å². The second kappa shape index (κ2) is 3.93. The fraction of sp³-hybridized carbons (Fsp3) is 0.333. The fourth-order valence-corrected chi connectivity index (χ4v) is 1.53. The molecule has 0 amide bonds. The molecule has 0 aromatic heterocycles. The number of phenolic OH excluding ortho intramolecular Hbond substituents is 4. The summed E-state index contributed by atoms with van der Waals surface area (Å²) in [6.07, 6.45) is 0. The van der Waals surface area contributed by atoms with Gasteiger partial charge in [-0.1, -0.05) is 0 Å². The molecule has 0 saturated carbocycles. The van der Waals surface area contributed by atoms with Crippen molar-refractivity contribution in [2.45, 2.75) is 0 Å². The maximum atomic E-state index is 11.7. The smallest absolute Gasteiger partial charge is 0.248 e. The van der Waals surface area contributed by atoms with Gasteiger partial charge in [-0.15, -0.1) is 0 Å². The van der Waals surface area contributed by atoms with Crippen molar-refractivity contribution in [2.75, 3.05) is 21.1 Å². The van der Waals surface area contributed by atoms with Gasteiger partial charge in [0.05, 0.1) is 21.1 Å². The molecule has 0 radical (unpaired) electrons. The number of aromatic hydroxyl groups is 4. The van der Waals surface area contributed by atoms with E-state index in [-0.39, 0.29) is 0 Å². The molecule has 5 N–H and O–H groups in total. The average Bonchev–Trinajstić information content (AvgIpc) is 2.11. The van der Waals surface area contributed by atoms with E-state index in [2.05, 4.69) is 0 Å². The molecule has 0 aliphatic carbocycles. The van der Waals surface area contributed by atoms with Crippen molar-refractivity contribution in [1.82, 2.24) is 4.65 Å². The first kappa shape index (κ1) is 13.3. The minimum absolute atomic E-state index is 0.592. The van der Waals surface area contributed by atoms with E-state index in [1.54, 1.807) is 0 Å². The molecule has 1 atom stereocenters. The second-order valence-corrected chi connectivity index (χ2v) is 4.03. The average molecular weight is 246 g/mol. The van der Waals surface area contributed by atoms with E-state index in [0.29, 0.717) is 0 Å². The van der Waals surface area contributed by atoms with Crippen LogP contribution in [0, 0.1) is 10.4 Å². The van der Waals surface area contributed by atoms with E-state index in [0.717, 1.165) is 21.1 Å². The minimum Gasteiger partial charge on any atom is -0.629 e. The maximum absolute atomic E-state index is 11.7. The van der Waals surface area contributed by atoms with Crippen LogP contribution in [0.3, 0.4) is 0 Å². The van der Waals surface area contributed by atoms with E-state index in [1.807, 2.05) is 0 Å². The number of rotatable bonds is 2. The van der Waals surface area contributed by atoms with Crippen molar-refractivity contribution in [2.24, 2.45) is 0 Å². The van der Waals surface area contributed by atoms with Gasteiger partial charge in [-0.05, 0) is 0 Å². The molecule has 0 fully saturated rings. The predicted octanol–water partition coefficient (Wildman–Crippen LogP) is -0.782. The van der Waals surface area contributed by atoms with Crippen molar-refractivity contribution < 1.29 is 25.5 Å². The molecule has 17 heavy (non-hydrogen) atoms. The number of hydroxylamine groups is 3. The summed E-state index contributed by atoms with van der Waals surface area (Å²) in [6.45, 7) is 0.